The van der Waals surface area contributed by atoms with Crippen LogP contribution in [0.4, 0.5) is 5.69 Å². The monoisotopic (exact) mass is 355 g/mol. The standard InChI is InChI=1S/C20H21NO3S/c1-4-25-17-8-6-5-7-16(17)21-19(23)20(3)12-14-11-13(2)9-10-15(14)18(22)24-20/h5-11H,4,12H2,1-3H3,(H,21,23). The molecule has 0 radical (unpaired) electrons. The van der Waals surface area contributed by atoms with Crippen LogP contribution in [0.1, 0.15) is 35.3 Å². The van der Waals surface area contributed by atoms with Gasteiger partial charge in [0.2, 0.25) is 0 Å². The van der Waals surface area contributed by atoms with Gasteiger partial charge in [-0.05, 0) is 43.4 Å². The highest BCUT2D eigenvalue weighted by atomic mass is 32.2. The van der Waals surface area contributed by atoms with Gasteiger partial charge in [0.05, 0.1) is 11.3 Å². The molecule has 25 heavy (non-hydrogen) atoms. The molecule has 2 aromatic carbocycles. The van der Waals surface area contributed by atoms with Gasteiger partial charge >= 0.3 is 5.97 Å². The molecule has 1 heterocycles. The van der Waals surface area contributed by atoms with E-state index in [4.69, 9.17) is 4.74 Å². The minimum Gasteiger partial charge on any atom is -0.445 e. The molecule has 0 spiro atoms. The van der Waals surface area contributed by atoms with Crippen molar-refractivity contribution in [2.45, 2.75) is 37.7 Å². The SMILES string of the molecule is CCSc1ccccc1NC(=O)C1(C)Cc2cc(C)ccc2C(=O)O1. The summed E-state index contributed by atoms with van der Waals surface area (Å²) in [6, 6.07) is 13.2. The summed E-state index contributed by atoms with van der Waals surface area (Å²) in [6.07, 6.45) is 0.366. The first kappa shape index (κ1) is 17.5. The van der Waals surface area contributed by atoms with Crippen molar-refractivity contribution in [2.75, 3.05) is 11.1 Å². The number of esters is 1. The summed E-state index contributed by atoms with van der Waals surface area (Å²) < 4.78 is 5.52. The van der Waals surface area contributed by atoms with Gasteiger partial charge in [0.1, 0.15) is 0 Å². The van der Waals surface area contributed by atoms with E-state index < -0.39 is 11.6 Å². The molecule has 0 saturated heterocycles. The van der Waals surface area contributed by atoms with Crippen LogP contribution in [0, 0.1) is 6.92 Å². The van der Waals surface area contributed by atoms with E-state index in [2.05, 4.69) is 12.2 Å². The van der Waals surface area contributed by atoms with E-state index in [9.17, 15) is 9.59 Å². The van der Waals surface area contributed by atoms with Crippen molar-refractivity contribution in [1.82, 2.24) is 0 Å². The van der Waals surface area contributed by atoms with Gasteiger partial charge in [-0.15, -0.1) is 11.8 Å². The smallest absolute Gasteiger partial charge is 0.339 e. The molecule has 1 N–H and O–H groups in total. The summed E-state index contributed by atoms with van der Waals surface area (Å²) in [4.78, 5) is 26.2. The number of carbonyl (C=O) groups excluding carboxylic acids is 2. The van der Waals surface area contributed by atoms with E-state index >= 15 is 0 Å². The molecule has 5 heteroatoms. The minimum atomic E-state index is -1.22. The molecule has 0 fully saturated rings. The fourth-order valence-corrected chi connectivity index (χ4v) is 3.72. The summed E-state index contributed by atoms with van der Waals surface area (Å²) in [6.45, 7) is 5.70. The third kappa shape index (κ3) is 3.56. The normalized spacial score (nSPS) is 19.1. The predicted molar refractivity (Wildman–Crippen MR) is 100 cm³/mol. The van der Waals surface area contributed by atoms with Gasteiger partial charge in [0.25, 0.3) is 5.91 Å². The number of nitrogens with one attached hydrogen (secondary N) is 1. The van der Waals surface area contributed by atoms with Crippen molar-refractivity contribution in [2.24, 2.45) is 0 Å². The van der Waals surface area contributed by atoms with Crippen LogP contribution in [-0.4, -0.2) is 23.2 Å². The Morgan fingerprint density at radius 3 is 2.80 bits per heavy atom. The van der Waals surface area contributed by atoms with Crippen LogP contribution >= 0.6 is 11.8 Å². The zero-order valence-electron chi connectivity index (χ0n) is 14.6. The molecule has 0 aliphatic carbocycles. The van der Waals surface area contributed by atoms with Crippen molar-refractivity contribution in [3.8, 4) is 0 Å². The first-order chi connectivity index (χ1) is 11.9. The Labute approximate surface area is 152 Å². The Hall–Kier alpha value is -2.27. The number of para-hydroxylation sites is 1. The van der Waals surface area contributed by atoms with Crippen molar-refractivity contribution in [3.05, 3.63) is 59.2 Å². The Morgan fingerprint density at radius 2 is 2.04 bits per heavy atom. The van der Waals surface area contributed by atoms with E-state index in [0.29, 0.717) is 12.0 Å². The first-order valence-electron chi connectivity index (χ1n) is 8.29. The van der Waals surface area contributed by atoms with E-state index in [-0.39, 0.29) is 5.91 Å². The van der Waals surface area contributed by atoms with Crippen LogP contribution < -0.4 is 5.32 Å². The summed E-state index contributed by atoms with van der Waals surface area (Å²) in [5.74, 6) is 0.151. The highest BCUT2D eigenvalue weighted by Crippen LogP contribution is 2.32. The fourth-order valence-electron chi connectivity index (χ4n) is 2.96. The number of benzene rings is 2. The average molecular weight is 355 g/mol. The van der Waals surface area contributed by atoms with Gasteiger partial charge in [0.15, 0.2) is 5.60 Å². The number of rotatable bonds is 4. The highest BCUT2D eigenvalue weighted by Gasteiger charge is 2.42. The van der Waals surface area contributed by atoms with Gasteiger partial charge in [0, 0.05) is 11.3 Å². The van der Waals surface area contributed by atoms with Crippen molar-refractivity contribution >= 4 is 29.3 Å². The number of hydrogen-bond donors (Lipinski definition) is 1. The topological polar surface area (TPSA) is 55.4 Å². The second-order valence-corrected chi connectivity index (χ2v) is 7.65. The number of thioether (sulfide) groups is 1. The Kier molecular flexibility index (Phi) is 4.86. The van der Waals surface area contributed by atoms with Crippen LogP contribution in [-0.2, 0) is 16.0 Å². The van der Waals surface area contributed by atoms with Crippen LogP contribution in [0.2, 0.25) is 0 Å². The Balaban J connectivity index is 1.86. The molecule has 1 aliphatic rings. The molecular weight excluding hydrogens is 334 g/mol. The summed E-state index contributed by atoms with van der Waals surface area (Å²) in [5.41, 5.74) is 1.97. The van der Waals surface area contributed by atoms with Crippen molar-refractivity contribution in [3.63, 3.8) is 0 Å². The van der Waals surface area contributed by atoms with Crippen LogP contribution in [0.25, 0.3) is 0 Å². The molecule has 1 amide bonds. The molecule has 1 atom stereocenters. The number of aryl methyl sites for hydroxylation is 1. The lowest BCUT2D eigenvalue weighted by Crippen LogP contribution is -2.49. The van der Waals surface area contributed by atoms with Gasteiger partial charge in [-0.2, -0.15) is 0 Å². The number of amides is 1. The van der Waals surface area contributed by atoms with E-state index in [1.54, 1.807) is 24.8 Å². The second-order valence-electron chi connectivity index (χ2n) is 6.34. The Bertz CT molecular complexity index is 833. The number of hydrogen-bond acceptors (Lipinski definition) is 4. The molecule has 2 aromatic rings. The van der Waals surface area contributed by atoms with Gasteiger partial charge in [-0.3, -0.25) is 4.79 Å². The number of anilines is 1. The molecule has 1 aliphatic heterocycles. The zero-order chi connectivity index (χ0) is 18.0. The van der Waals surface area contributed by atoms with Crippen LogP contribution in [0.3, 0.4) is 0 Å². The van der Waals surface area contributed by atoms with Crippen LogP contribution in [0.15, 0.2) is 47.4 Å². The molecule has 4 nitrogen and oxygen atoms in total. The lowest BCUT2D eigenvalue weighted by atomic mass is 9.88. The quantitative estimate of drug-likeness (QED) is 0.659. The lowest BCUT2D eigenvalue weighted by Gasteiger charge is -2.33. The fraction of sp³-hybridized carbons (Fsp3) is 0.300. The molecule has 3 rings (SSSR count). The molecule has 0 aromatic heterocycles. The number of fused-ring (bicyclic) bond motifs is 1. The Morgan fingerprint density at radius 1 is 1.28 bits per heavy atom. The van der Waals surface area contributed by atoms with Gasteiger partial charge < -0.3 is 10.1 Å². The lowest BCUT2D eigenvalue weighted by molar-refractivity contribution is -0.134. The summed E-state index contributed by atoms with van der Waals surface area (Å²) in [5, 5.41) is 2.93. The minimum absolute atomic E-state index is 0.308. The number of ether oxygens (including phenoxy) is 1. The maximum Gasteiger partial charge on any atom is 0.339 e. The molecule has 0 bridgehead atoms. The number of cyclic esters (lactones) is 1. The summed E-state index contributed by atoms with van der Waals surface area (Å²) in [7, 11) is 0. The zero-order valence-corrected chi connectivity index (χ0v) is 15.4. The number of carbonyl (C=O) groups is 2. The second kappa shape index (κ2) is 6.92. The third-order valence-electron chi connectivity index (χ3n) is 4.24. The predicted octanol–water partition coefficient (Wildman–Crippen LogP) is 4.22. The largest absolute Gasteiger partial charge is 0.445 e. The van der Waals surface area contributed by atoms with Crippen LogP contribution in [0.5, 0.6) is 0 Å². The first-order valence-corrected chi connectivity index (χ1v) is 9.27. The van der Waals surface area contributed by atoms with Gasteiger partial charge in [-0.1, -0.05) is 36.8 Å². The molecular formula is C20H21NO3S. The molecule has 1 unspecified atom stereocenters. The average Bonchev–Trinajstić information content (AvgIpc) is 2.56. The summed E-state index contributed by atoms with van der Waals surface area (Å²) >= 11 is 1.66. The van der Waals surface area contributed by atoms with E-state index in [0.717, 1.165) is 27.5 Å². The third-order valence-corrected chi connectivity index (χ3v) is 5.20. The van der Waals surface area contributed by atoms with Crippen molar-refractivity contribution in [1.29, 1.82) is 0 Å². The maximum absolute atomic E-state index is 12.9. The van der Waals surface area contributed by atoms with E-state index in [1.807, 2.05) is 43.3 Å². The van der Waals surface area contributed by atoms with Crippen molar-refractivity contribution < 1.29 is 14.3 Å². The maximum atomic E-state index is 12.9. The molecule has 130 valence electrons. The van der Waals surface area contributed by atoms with Gasteiger partial charge in [-0.25, -0.2) is 4.79 Å². The molecule has 0 saturated carbocycles. The van der Waals surface area contributed by atoms with E-state index in [1.165, 1.54) is 0 Å². The highest BCUT2D eigenvalue weighted by molar-refractivity contribution is 7.99.